The van der Waals surface area contributed by atoms with Gasteiger partial charge in [-0.3, -0.25) is 0 Å². The van der Waals surface area contributed by atoms with Gasteiger partial charge in [0.2, 0.25) is 0 Å². The molecule has 1 N–H and O–H groups in total. The van der Waals surface area contributed by atoms with Gasteiger partial charge in [0.25, 0.3) is 0 Å². The fraction of sp³-hybridized carbons (Fsp3) is 0.500. The topological polar surface area (TPSA) is 52.0 Å². The van der Waals surface area contributed by atoms with Crippen LogP contribution in [0.15, 0.2) is 18.2 Å². The first-order valence-corrected chi connectivity index (χ1v) is 5.69. The van der Waals surface area contributed by atoms with E-state index in [1.807, 2.05) is 12.1 Å². The minimum atomic E-state index is 0.488. The first-order chi connectivity index (χ1) is 7.85. The Hall–Kier alpha value is -1.60. The zero-order chi connectivity index (χ0) is 11.4. The van der Waals surface area contributed by atoms with Gasteiger partial charge in [0.1, 0.15) is 17.6 Å². The zero-order valence-electron chi connectivity index (χ0n) is 9.48. The Labute approximate surface area is 95.9 Å². The van der Waals surface area contributed by atoms with Gasteiger partial charge < -0.3 is 10.2 Å². The lowest BCUT2D eigenvalue weighted by Gasteiger charge is -2.28. The van der Waals surface area contributed by atoms with Crippen molar-refractivity contribution in [1.29, 1.82) is 5.26 Å². The number of aromatic nitrogens is 1. The molecule has 1 saturated heterocycles. The number of nitriles is 1. The summed E-state index contributed by atoms with van der Waals surface area (Å²) in [6, 6.07) is 8.20. The summed E-state index contributed by atoms with van der Waals surface area (Å²) in [5.41, 5.74) is 0.488. The number of nitrogens with one attached hydrogen (secondary N) is 1. The molecule has 0 saturated carbocycles. The molecule has 16 heavy (non-hydrogen) atoms. The van der Waals surface area contributed by atoms with Crippen molar-refractivity contribution in [3.05, 3.63) is 23.9 Å². The third-order valence-electron chi connectivity index (χ3n) is 2.96. The molecule has 84 valence electrons. The van der Waals surface area contributed by atoms with Crippen LogP contribution >= 0.6 is 0 Å². The van der Waals surface area contributed by atoms with Crippen molar-refractivity contribution < 1.29 is 0 Å². The summed E-state index contributed by atoms with van der Waals surface area (Å²) in [6.45, 7) is 5.12. The summed E-state index contributed by atoms with van der Waals surface area (Å²) in [5.74, 6) is 0.912. The van der Waals surface area contributed by atoms with E-state index in [4.69, 9.17) is 5.26 Å². The maximum Gasteiger partial charge on any atom is 0.142 e. The molecule has 1 aromatic rings. The van der Waals surface area contributed by atoms with E-state index in [1.54, 1.807) is 6.07 Å². The molecular weight excluding hydrogens is 200 g/mol. The van der Waals surface area contributed by atoms with Gasteiger partial charge >= 0.3 is 0 Å². The van der Waals surface area contributed by atoms with Gasteiger partial charge in [-0.05, 0) is 32.0 Å². The summed E-state index contributed by atoms with van der Waals surface area (Å²) >= 11 is 0. The normalized spacial score (nSPS) is 19.4. The molecule has 0 aromatic carbocycles. The van der Waals surface area contributed by atoms with Crippen LogP contribution < -0.4 is 10.2 Å². The third-order valence-corrected chi connectivity index (χ3v) is 2.96. The van der Waals surface area contributed by atoms with E-state index in [9.17, 15) is 0 Å². The smallest absolute Gasteiger partial charge is 0.142 e. The molecule has 1 aliphatic heterocycles. The fourth-order valence-corrected chi connectivity index (χ4v) is 2.16. The quantitative estimate of drug-likeness (QED) is 0.823. The Balaban J connectivity index is 2.22. The van der Waals surface area contributed by atoms with Crippen molar-refractivity contribution in [2.75, 3.05) is 24.5 Å². The predicted octanol–water partition coefficient (Wildman–Crippen LogP) is 1.14. The predicted molar refractivity (Wildman–Crippen MR) is 63.2 cm³/mol. The second kappa shape index (κ2) is 4.95. The first-order valence-electron chi connectivity index (χ1n) is 5.69. The van der Waals surface area contributed by atoms with E-state index in [-0.39, 0.29) is 0 Å². The number of nitrogens with zero attached hydrogens (tertiary/aromatic N) is 3. The first kappa shape index (κ1) is 10.9. The van der Waals surface area contributed by atoms with E-state index >= 15 is 0 Å². The van der Waals surface area contributed by atoms with Crippen LogP contribution in [0.1, 0.15) is 19.0 Å². The van der Waals surface area contributed by atoms with Crippen molar-refractivity contribution in [2.45, 2.75) is 19.4 Å². The Morgan fingerprint density at radius 3 is 3.12 bits per heavy atom. The van der Waals surface area contributed by atoms with Crippen molar-refractivity contribution >= 4 is 5.82 Å². The molecule has 0 bridgehead atoms. The van der Waals surface area contributed by atoms with Crippen molar-refractivity contribution in [3.8, 4) is 6.07 Å². The second-order valence-corrected chi connectivity index (χ2v) is 3.93. The molecule has 1 aromatic heterocycles. The van der Waals surface area contributed by atoms with E-state index in [0.717, 1.165) is 31.9 Å². The highest BCUT2D eigenvalue weighted by atomic mass is 15.2. The summed E-state index contributed by atoms with van der Waals surface area (Å²) in [6.07, 6.45) is 1.15. The zero-order valence-corrected chi connectivity index (χ0v) is 9.48. The molecule has 1 fully saturated rings. The number of pyridine rings is 1. The monoisotopic (exact) mass is 216 g/mol. The number of anilines is 1. The minimum Gasteiger partial charge on any atom is -0.353 e. The summed E-state index contributed by atoms with van der Waals surface area (Å²) in [7, 11) is 0. The van der Waals surface area contributed by atoms with Crippen LogP contribution in [-0.4, -0.2) is 30.7 Å². The molecule has 0 amide bonds. The van der Waals surface area contributed by atoms with Gasteiger partial charge in [0.05, 0.1) is 0 Å². The number of likely N-dealkylation sites (N-methyl/N-ethyl adjacent to an activating group) is 1. The Morgan fingerprint density at radius 1 is 1.62 bits per heavy atom. The van der Waals surface area contributed by atoms with Crippen molar-refractivity contribution in [1.82, 2.24) is 10.3 Å². The van der Waals surface area contributed by atoms with E-state index in [2.05, 4.69) is 28.2 Å². The lowest BCUT2D eigenvalue weighted by Crippen LogP contribution is -2.37. The molecule has 2 rings (SSSR count). The molecule has 1 aliphatic rings. The largest absolute Gasteiger partial charge is 0.353 e. The van der Waals surface area contributed by atoms with Gasteiger partial charge in [-0.2, -0.15) is 5.26 Å². The Morgan fingerprint density at radius 2 is 2.50 bits per heavy atom. The fourth-order valence-electron chi connectivity index (χ4n) is 2.16. The Kier molecular flexibility index (Phi) is 3.37. The number of hydrogen-bond donors (Lipinski definition) is 1. The van der Waals surface area contributed by atoms with Crippen molar-refractivity contribution in [3.63, 3.8) is 0 Å². The summed E-state index contributed by atoms with van der Waals surface area (Å²) < 4.78 is 0. The second-order valence-electron chi connectivity index (χ2n) is 3.93. The van der Waals surface area contributed by atoms with E-state index in [1.165, 1.54) is 0 Å². The van der Waals surface area contributed by atoms with Crippen LogP contribution in [0.3, 0.4) is 0 Å². The van der Waals surface area contributed by atoms with Crippen LogP contribution in [0.4, 0.5) is 5.82 Å². The van der Waals surface area contributed by atoms with E-state index in [0.29, 0.717) is 11.7 Å². The molecule has 0 aliphatic carbocycles. The van der Waals surface area contributed by atoms with Gasteiger partial charge in [-0.15, -0.1) is 0 Å². The molecule has 4 heteroatoms. The average Bonchev–Trinajstić information content (AvgIpc) is 2.84. The van der Waals surface area contributed by atoms with Gasteiger partial charge in [-0.25, -0.2) is 4.98 Å². The SMILES string of the molecule is CCN(c1cccc(C#N)n1)C1CCNC1. The molecule has 4 nitrogen and oxygen atoms in total. The molecule has 0 spiro atoms. The van der Waals surface area contributed by atoms with E-state index < -0.39 is 0 Å². The number of hydrogen-bond acceptors (Lipinski definition) is 4. The molecule has 0 radical (unpaired) electrons. The lowest BCUT2D eigenvalue weighted by molar-refractivity contribution is 0.640. The summed E-state index contributed by atoms with van der Waals surface area (Å²) in [4.78, 5) is 6.61. The van der Waals surface area contributed by atoms with Crippen LogP contribution in [0.25, 0.3) is 0 Å². The highest BCUT2D eigenvalue weighted by molar-refractivity contribution is 5.42. The minimum absolute atomic E-state index is 0.488. The molecule has 2 heterocycles. The maximum absolute atomic E-state index is 8.84. The molecular formula is C12H16N4. The highest BCUT2D eigenvalue weighted by Gasteiger charge is 2.22. The maximum atomic E-state index is 8.84. The molecule has 1 unspecified atom stereocenters. The van der Waals surface area contributed by atoms with Crippen LogP contribution in [0, 0.1) is 11.3 Å². The van der Waals surface area contributed by atoms with Crippen molar-refractivity contribution in [2.24, 2.45) is 0 Å². The third kappa shape index (κ3) is 2.15. The average molecular weight is 216 g/mol. The molecule has 1 atom stereocenters. The lowest BCUT2D eigenvalue weighted by atomic mass is 10.2. The van der Waals surface area contributed by atoms with Crippen LogP contribution in [-0.2, 0) is 0 Å². The van der Waals surface area contributed by atoms with Gasteiger partial charge in [0.15, 0.2) is 0 Å². The standard InChI is InChI=1S/C12H16N4/c1-2-16(11-6-7-14-9-11)12-5-3-4-10(8-13)15-12/h3-5,11,14H,2,6-7,9H2,1H3. The van der Waals surface area contributed by atoms with Crippen LogP contribution in [0.2, 0.25) is 0 Å². The van der Waals surface area contributed by atoms with Gasteiger partial charge in [-0.1, -0.05) is 6.07 Å². The summed E-state index contributed by atoms with van der Waals surface area (Å²) in [5, 5.41) is 12.2. The Bertz CT molecular complexity index is 390. The van der Waals surface area contributed by atoms with Crippen LogP contribution in [0.5, 0.6) is 0 Å². The highest BCUT2D eigenvalue weighted by Crippen LogP contribution is 2.17. The van der Waals surface area contributed by atoms with Gasteiger partial charge in [0, 0.05) is 19.1 Å². The number of rotatable bonds is 3.